The van der Waals surface area contributed by atoms with Gasteiger partial charge in [-0.1, -0.05) is 31.0 Å². The zero-order chi connectivity index (χ0) is 22.6. The molecule has 176 valence electrons. The summed E-state index contributed by atoms with van der Waals surface area (Å²) in [6.07, 6.45) is 12.6. The molecule has 2 fully saturated rings. The summed E-state index contributed by atoms with van der Waals surface area (Å²) in [5, 5.41) is 0. The third kappa shape index (κ3) is 5.75. The van der Waals surface area contributed by atoms with Crippen LogP contribution >= 0.6 is 0 Å². The van der Waals surface area contributed by atoms with Gasteiger partial charge in [0.1, 0.15) is 11.4 Å². The molecule has 3 aliphatic rings. The maximum atomic E-state index is 13.1. The molecular weight excluding hydrogens is 410 g/mol. The zero-order valence-electron chi connectivity index (χ0n) is 20.0. The third-order valence-corrected chi connectivity index (χ3v) is 7.58. The molecule has 1 aromatic carbocycles. The second-order valence-electron chi connectivity index (χ2n) is 10.2. The van der Waals surface area contributed by atoms with Crippen molar-refractivity contribution in [3.63, 3.8) is 0 Å². The Labute approximate surface area is 198 Å². The average Bonchev–Trinajstić information content (AvgIpc) is 3.70. The maximum absolute atomic E-state index is 13.1. The van der Waals surface area contributed by atoms with Gasteiger partial charge in [-0.3, -0.25) is 9.69 Å². The lowest BCUT2D eigenvalue weighted by atomic mass is 9.86. The molecule has 0 bridgehead atoms. The van der Waals surface area contributed by atoms with Crippen molar-refractivity contribution in [2.75, 3.05) is 26.7 Å². The fourth-order valence-corrected chi connectivity index (χ4v) is 5.21. The number of ether oxygens (including phenoxy) is 1. The summed E-state index contributed by atoms with van der Waals surface area (Å²) in [7, 11) is 1.92. The maximum Gasteiger partial charge on any atom is 0.272 e. The first kappa shape index (κ1) is 22.4. The molecule has 1 aromatic heterocycles. The number of fused-ring (bicyclic) bond motifs is 1. The Kier molecular flexibility index (Phi) is 6.96. The minimum Gasteiger partial charge on any atom is -0.492 e. The molecule has 1 unspecified atom stereocenters. The Hall–Kier alpha value is -2.40. The highest BCUT2D eigenvalue weighted by Gasteiger charge is 2.27. The van der Waals surface area contributed by atoms with E-state index in [1.54, 1.807) is 12.3 Å². The van der Waals surface area contributed by atoms with Gasteiger partial charge in [0.05, 0.1) is 12.8 Å². The van der Waals surface area contributed by atoms with E-state index >= 15 is 0 Å². The van der Waals surface area contributed by atoms with Crippen LogP contribution in [0.25, 0.3) is 0 Å². The van der Waals surface area contributed by atoms with Crippen LogP contribution in [0.3, 0.4) is 0 Å². The van der Waals surface area contributed by atoms with E-state index in [0.29, 0.717) is 11.6 Å². The second-order valence-corrected chi connectivity index (χ2v) is 10.2. The summed E-state index contributed by atoms with van der Waals surface area (Å²) in [6.45, 7) is 4.29. The predicted octanol–water partition coefficient (Wildman–Crippen LogP) is 4.88. The molecule has 2 heterocycles. The number of carbonyl (C=O) groups excluding carboxylic acids is 1. The quantitative estimate of drug-likeness (QED) is 0.607. The fraction of sp³-hybridized carbons (Fsp3) is 0.571. The van der Waals surface area contributed by atoms with Gasteiger partial charge in [0.15, 0.2) is 0 Å². The fourth-order valence-electron chi connectivity index (χ4n) is 5.21. The lowest BCUT2D eigenvalue weighted by molar-refractivity contribution is 0.0713. The van der Waals surface area contributed by atoms with Crippen molar-refractivity contribution in [2.24, 2.45) is 5.92 Å². The summed E-state index contributed by atoms with van der Waals surface area (Å²) in [6, 6.07) is 10.9. The Morgan fingerprint density at radius 2 is 1.88 bits per heavy atom. The van der Waals surface area contributed by atoms with E-state index in [0.717, 1.165) is 38.2 Å². The van der Waals surface area contributed by atoms with Gasteiger partial charge in [-0.15, -0.1) is 0 Å². The Balaban J connectivity index is 1.17. The van der Waals surface area contributed by atoms with Crippen LogP contribution in [0.4, 0.5) is 0 Å². The van der Waals surface area contributed by atoms with Crippen LogP contribution < -0.4 is 4.74 Å². The number of benzene rings is 1. The van der Waals surface area contributed by atoms with E-state index < -0.39 is 0 Å². The number of likely N-dealkylation sites (tertiary alicyclic amines) is 1. The number of likely N-dealkylation sites (N-methyl/N-ethyl adjacent to an activating group) is 1. The number of carbonyl (C=O) groups is 1. The van der Waals surface area contributed by atoms with Crippen LogP contribution in [-0.2, 0) is 19.4 Å². The number of hydrogen-bond donors (Lipinski definition) is 0. The van der Waals surface area contributed by atoms with Crippen molar-refractivity contribution >= 4 is 5.91 Å². The largest absolute Gasteiger partial charge is 0.492 e. The molecule has 0 N–H and O–H groups in total. The van der Waals surface area contributed by atoms with Crippen molar-refractivity contribution in [1.29, 1.82) is 0 Å². The predicted molar refractivity (Wildman–Crippen MR) is 131 cm³/mol. The van der Waals surface area contributed by atoms with Crippen LogP contribution in [0.15, 0.2) is 36.5 Å². The molecule has 5 rings (SSSR count). The van der Waals surface area contributed by atoms with Crippen LogP contribution in [0, 0.1) is 5.92 Å². The van der Waals surface area contributed by atoms with Crippen LogP contribution in [0.1, 0.15) is 72.1 Å². The molecule has 1 amide bonds. The number of amides is 1. The Morgan fingerprint density at radius 3 is 2.61 bits per heavy atom. The number of aromatic nitrogens is 1. The van der Waals surface area contributed by atoms with Gasteiger partial charge < -0.3 is 9.64 Å². The summed E-state index contributed by atoms with van der Waals surface area (Å²) < 4.78 is 5.75. The average molecular weight is 448 g/mol. The van der Waals surface area contributed by atoms with Crippen molar-refractivity contribution in [1.82, 2.24) is 14.8 Å². The molecule has 0 spiro atoms. The molecule has 5 nitrogen and oxygen atoms in total. The van der Waals surface area contributed by atoms with Gasteiger partial charge in [-0.2, -0.15) is 0 Å². The van der Waals surface area contributed by atoms with Crippen LogP contribution in [0.5, 0.6) is 5.75 Å². The number of rotatable bonds is 7. The van der Waals surface area contributed by atoms with Gasteiger partial charge in [0.2, 0.25) is 0 Å². The van der Waals surface area contributed by atoms with E-state index in [2.05, 4.69) is 28.1 Å². The monoisotopic (exact) mass is 447 g/mol. The third-order valence-electron chi connectivity index (χ3n) is 7.58. The van der Waals surface area contributed by atoms with Crippen molar-refractivity contribution in [2.45, 2.75) is 70.4 Å². The van der Waals surface area contributed by atoms with E-state index in [1.165, 1.54) is 68.3 Å². The van der Waals surface area contributed by atoms with E-state index in [9.17, 15) is 4.79 Å². The number of pyridine rings is 1. The molecule has 5 heteroatoms. The standard InChI is InChI=1S/C28H37N3O2/c1-30(28(32)27-13-12-26(18-29-27)33-20-21-6-7-21)25-11-10-23-16-22(8-9-24(23)17-25)19-31-14-4-2-3-5-15-31/h8-9,12-13,16,18,21,25H,2-7,10-11,14-15,17,19-20H2,1H3. The second kappa shape index (κ2) is 10.3. The number of hydrogen-bond acceptors (Lipinski definition) is 4. The Bertz CT molecular complexity index is 946. The SMILES string of the molecule is CN(C(=O)c1ccc(OCC2CC2)cn1)C1CCc2cc(CN3CCCCCC3)ccc2C1. The van der Waals surface area contributed by atoms with E-state index in [4.69, 9.17) is 4.74 Å². The first-order valence-electron chi connectivity index (χ1n) is 12.8. The smallest absolute Gasteiger partial charge is 0.272 e. The molecule has 33 heavy (non-hydrogen) atoms. The summed E-state index contributed by atoms with van der Waals surface area (Å²) in [5.74, 6) is 1.45. The number of aryl methyl sites for hydroxylation is 1. The normalized spacial score (nSPS) is 21.2. The lowest BCUT2D eigenvalue weighted by Crippen LogP contribution is -2.41. The highest BCUT2D eigenvalue weighted by Crippen LogP contribution is 2.30. The van der Waals surface area contributed by atoms with Gasteiger partial charge in [-0.25, -0.2) is 4.98 Å². The van der Waals surface area contributed by atoms with E-state index in [1.807, 2.05) is 18.0 Å². The van der Waals surface area contributed by atoms with Crippen molar-refractivity contribution < 1.29 is 9.53 Å². The topological polar surface area (TPSA) is 45.7 Å². The molecule has 1 aliphatic heterocycles. The van der Waals surface area contributed by atoms with Gasteiger partial charge in [0, 0.05) is 19.6 Å². The molecule has 1 atom stereocenters. The van der Waals surface area contributed by atoms with Crippen molar-refractivity contribution in [3.8, 4) is 5.75 Å². The van der Waals surface area contributed by atoms with Crippen molar-refractivity contribution in [3.05, 3.63) is 58.9 Å². The first-order chi connectivity index (χ1) is 16.2. The lowest BCUT2D eigenvalue weighted by Gasteiger charge is -2.33. The van der Waals surface area contributed by atoms with Gasteiger partial charge >= 0.3 is 0 Å². The van der Waals surface area contributed by atoms with Gasteiger partial charge in [0.25, 0.3) is 5.91 Å². The molecule has 0 radical (unpaired) electrons. The minimum absolute atomic E-state index is 0.00465. The minimum atomic E-state index is -0.00465. The summed E-state index contributed by atoms with van der Waals surface area (Å²) in [5.41, 5.74) is 4.79. The molecule has 1 saturated carbocycles. The summed E-state index contributed by atoms with van der Waals surface area (Å²) >= 11 is 0. The highest BCUT2D eigenvalue weighted by atomic mass is 16.5. The van der Waals surface area contributed by atoms with Crippen LogP contribution in [-0.4, -0.2) is 53.5 Å². The molecule has 1 saturated heterocycles. The molecule has 2 aliphatic carbocycles. The Morgan fingerprint density at radius 1 is 1.06 bits per heavy atom. The van der Waals surface area contributed by atoms with E-state index in [-0.39, 0.29) is 11.9 Å². The number of nitrogens with zero attached hydrogens (tertiary/aromatic N) is 3. The van der Waals surface area contributed by atoms with Crippen LogP contribution in [0.2, 0.25) is 0 Å². The molecule has 2 aromatic rings. The van der Waals surface area contributed by atoms with Gasteiger partial charge in [-0.05, 0) is 92.8 Å². The summed E-state index contributed by atoms with van der Waals surface area (Å²) in [4.78, 5) is 22.0. The highest BCUT2D eigenvalue weighted by molar-refractivity contribution is 5.92. The zero-order valence-corrected chi connectivity index (χ0v) is 20.0. The first-order valence-corrected chi connectivity index (χ1v) is 12.8. The molecular formula is C28H37N3O2.